The number of para-hydroxylation sites is 1. The van der Waals surface area contributed by atoms with Crippen LogP contribution in [0.15, 0.2) is 30.3 Å². The average Bonchev–Trinajstić information content (AvgIpc) is 3.04. The molecule has 1 amide bonds. The molecular formula is C19H24N4O3. The van der Waals surface area contributed by atoms with E-state index in [1.165, 1.54) is 11.2 Å². The zero-order chi connectivity index (χ0) is 18.5. The average molecular weight is 356 g/mol. The van der Waals surface area contributed by atoms with Crippen molar-refractivity contribution < 1.29 is 14.3 Å². The number of hydrogen-bond donors (Lipinski definition) is 1. The van der Waals surface area contributed by atoms with E-state index in [-0.39, 0.29) is 24.2 Å². The Morgan fingerprint density at radius 1 is 1.19 bits per heavy atom. The molecule has 138 valence electrons. The number of benzene rings is 1. The number of nitrogens with zero attached hydrogens (tertiary/aromatic N) is 3. The lowest BCUT2D eigenvalue weighted by molar-refractivity contribution is -0.125. The number of aromatic nitrogens is 3. The number of hydrogen-bond acceptors (Lipinski definition) is 5. The minimum atomic E-state index is -0.642. The van der Waals surface area contributed by atoms with E-state index in [2.05, 4.69) is 22.4 Å². The fourth-order valence-corrected chi connectivity index (χ4v) is 3.22. The first-order chi connectivity index (χ1) is 12.5. The summed E-state index contributed by atoms with van der Waals surface area (Å²) in [5, 5.41) is 11.4. The van der Waals surface area contributed by atoms with Crippen LogP contribution < -0.4 is 5.32 Å². The molecule has 1 aliphatic carbocycles. The summed E-state index contributed by atoms with van der Waals surface area (Å²) < 4.78 is 5.13. The monoisotopic (exact) mass is 356 g/mol. The van der Waals surface area contributed by atoms with Gasteiger partial charge in [-0.1, -0.05) is 38.0 Å². The van der Waals surface area contributed by atoms with Gasteiger partial charge in [-0.2, -0.15) is 9.90 Å². The Morgan fingerprint density at radius 2 is 1.92 bits per heavy atom. The lowest BCUT2D eigenvalue weighted by Gasteiger charge is -2.29. The predicted octanol–water partition coefficient (Wildman–Crippen LogP) is 2.43. The van der Waals surface area contributed by atoms with Gasteiger partial charge in [-0.05, 0) is 37.8 Å². The number of carbonyl (C=O) groups excluding carboxylic acids is 2. The standard InChI is InChI=1S/C19H24N4O3/c1-13-8-6-7-11-16(13)20-17(24)12-26-19(25)18-14(2)21-23(22-18)15-9-4-3-5-10-15/h3-5,9-10,13,16H,6-8,11-12H2,1-2H3,(H,20,24)/t13-,16-/m0/s1. The van der Waals surface area contributed by atoms with E-state index < -0.39 is 5.97 Å². The normalized spacial score (nSPS) is 19.8. The third-order valence-electron chi connectivity index (χ3n) is 4.75. The molecule has 7 heteroatoms. The van der Waals surface area contributed by atoms with Gasteiger partial charge in [0.2, 0.25) is 0 Å². The molecule has 1 heterocycles. The number of ether oxygens (including phenoxy) is 1. The van der Waals surface area contributed by atoms with Gasteiger partial charge in [0, 0.05) is 6.04 Å². The summed E-state index contributed by atoms with van der Waals surface area (Å²) >= 11 is 0. The molecule has 1 saturated carbocycles. The Morgan fingerprint density at radius 3 is 2.65 bits per heavy atom. The Kier molecular flexibility index (Phi) is 5.65. The Labute approximate surface area is 152 Å². The zero-order valence-electron chi connectivity index (χ0n) is 15.1. The minimum absolute atomic E-state index is 0.118. The molecule has 0 bridgehead atoms. The first-order valence-corrected chi connectivity index (χ1v) is 9.00. The first-order valence-electron chi connectivity index (χ1n) is 9.00. The van der Waals surface area contributed by atoms with Gasteiger partial charge in [-0.3, -0.25) is 4.79 Å². The van der Waals surface area contributed by atoms with Gasteiger partial charge < -0.3 is 10.1 Å². The molecule has 0 spiro atoms. The molecule has 0 saturated heterocycles. The summed E-state index contributed by atoms with van der Waals surface area (Å²) in [4.78, 5) is 25.7. The molecule has 1 N–H and O–H groups in total. The highest BCUT2D eigenvalue weighted by Crippen LogP contribution is 2.23. The van der Waals surface area contributed by atoms with Crippen LogP contribution in [0.4, 0.5) is 0 Å². The van der Waals surface area contributed by atoms with E-state index in [0.717, 1.165) is 24.9 Å². The van der Waals surface area contributed by atoms with E-state index in [9.17, 15) is 9.59 Å². The predicted molar refractivity (Wildman–Crippen MR) is 95.9 cm³/mol. The van der Waals surface area contributed by atoms with Crippen molar-refractivity contribution in [1.29, 1.82) is 0 Å². The number of rotatable bonds is 5. The molecule has 1 aromatic carbocycles. The Hall–Kier alpha value is -2.70. The highest BCUT2D eigenvalue weighted by atomic mass is 16.5. The van der Waals surface area contributed by atoms with Crippen molar-refractivity contribution in [3.63, 3.8) is 0 Å². The molecular weight excluding hydrogens is 332 g/mol. The molecule has 26 heavy (non-hydrogen) atoms. The molecule has 2 aromatic rings. The zero-order valence-corrected chi connectivity index (χ0v) is 15.1. The van der Waals surface area contributed by atoms with Gasteiger partial charge in [0.15, 0.2) is 12.3 Å². The molecule has 1 aromatic heterocycles. The summed E-state index contributed by atoms with van der Waals surface area (Å²) in [6.07, 6.45) is 4.42. The number of carbonyl (C=O) groups is 2. The summed E-state index contributed by atoms with van der Waals surface area (Å²) in [6, 6.07) is 9.46. The second-order valence-electron chi connectivity index (χ2n) is 6.77. The molecule has 2 atom stereocenters. The maximum atomic E-state index is 12.3. The van der Waals surface area contributed by atoms with Crippen LogP contribution in [0, 0.1) is 12.8 Å². The van der Waals surface area contributed by atoms with Crippen LogP contribution in [-0.4, -0.2) is 39.5 Å². The molecule has 1 aliphatic rings. The second-order valence-corrected chi connectivity index (χ2v) is 6.77. The third kappa shape index (κ3) is 4.28. The van der Waals surface area contributed by atoms with Crippen LogP contribution in [-0.2, 0) is 9.53 Å². The maximum absolute atomic E-state index is 12.3. The highest BCUT2D eigenvalue weighted by molar-refractivity contribution is 5.90. The Balaban J connectivity index is 1.56. The number of amides is 1. The van der Waals surface area contributed by atoms with Crippen LogP contribution in [0.2, 0.25) is 0 Å². The van der Waals surface area contributed by atoms with Gasteiger partial charge in [0.25, 0.3) is 5.91 Å². The van der Waals surface area contributed by atoms with Crippen LogP contribution in [0.25, 0.3) is 5.69 Å². The van der Waals surface area contributed by atoms with Crippen molar-refractivity contribution in [2.75, 3.05) is 6.61 Å². The van der Waals surface area contributed by atoms with Gasteiger partial charge in [-0.25, -0.2) is 4.79 Å². The SMILES string of the molecule is Cc1nn(-c2ccccc2)nc1C(=O)OCC(=O)N[C@H]1CCCC[C@@H]1C. The smallest absolute Gasteiger partial charge is 0.361 e. The van der Waals surface area contributed by atoms with Crippen molar-refractivity contribution in [2.24, 2.45) is 5.92 Å². The van der Waals surface area contributed by atoms with Gasteiger partial charge >= 0.3 is 5.97 Å². The number of nitrogens with one attached hydrogen (secondary N) is 1. The van der Waals surface area contributed by atoms with Crippen molar-refractivity contribution in [3.8, 4) is 5.69 Å². The van der Waals surface area contributed by atoms with Crippen molar-refractivity contribution in [3.05, 3.63) is 41.7 Å². The summed E-state index contributed by atoms with van der Waals surface area (Å²) in [6.45, 7) is 3.52. The molecule has 0 radical (unpaired) electrons. The first kappa shape index (κ1) is 18.1. The molecule has 0 unspecified atom stereocenters. The van der Waals surface area contributed by atoms with Crippen LogP contribution >= 0.6 is 0 Å². The van der Waals surface area contributed by atoms with Gasteiger partial charge in [-0.15, -0.1) is 5.10 Å². The summed E-state index contributed by atoms with van der Waals surface area (Å²) in [7, 11) is 0. The van der Waals surface area contributed by atoms with E-state index >= 15 is 0 Å². The van der Waals surface area contributed by atoms with E-state index in [0.29, 0.717) is 11.6 Å². The third-order valence-corrected chi connectivity index (χ3v) is 4.75. The van der Waals surface area contributed by atoms with Gasteiger partial charge in [0.05, 0.1) is 11.4 Å². The quantitative estimate of drug-likeness (QED) is 0.832. The maximum Gasteiger partial charge on any atom is 0.361 e. The van der Waals surface area contributed by atoms with Crippen molar-refractivity contribution >= 4 is 11.9 Å². The number of aryl methyl sites for hydroxylation is 1. The lowest BCUT2D eigenvalue weighted by atomic mass is 9.86. The van der Waals surface area contributed by atoms with Crippen molar-refractivity contribution in [1.82, 2.24) is 20.3 Å². The Bertz CT molecular complexity index is 772. The molecule has 0 aliphatic heterocycles. The summed E-state index contributed by atoms with van der Waals surface area (Å²) in [5.74, 6) is -0.460. The van der Waals surface area contributed by atoms with Crippen LogP contribution in [0.1, 0.15) is 48.8 Å². The lowest BCUT2D eigenvalue weighted by Crippen LogP contribution is -2.42. The van der Waals surface area contributed by atoms with Crippen LogP contribution in [0.3, 0.4) is 0 Å². The van der Waals surface area contributed by atoms with E-state index in [1.807, 2.05) is 30.3 Å². The van der Waals surface area contributed by atoms with E-state index in [4.69, 9.17) is 4.74 Å². The fraction of sp³-hybridized carbons (Fsp3) is 0.474. The fourth-order valence-electron chi connectivity index (χ4n) is 3.22. The highest BCUT2D eigenvalue weighted by Gasteiger charge is 2.24. The van der Waals surface area contributed by atoms with Crippen LogP contribution in [0.5, 0.6) is 0 Å². The topological polar surface area (TPSA) is 86.1 Å². The second kappa shape index (κ2) is 8.12. The molecule has 1 fully saturated rings. The molecule has 7 nitrogen and oxygen atoms in total. The summed E-state index contributed by atoms with van der Waals surface area (Å²) in [5.41, 5.74) is 1.33. The molecule has 3 rings (SSSR count). The van der Waals surface area contributed by atoms with Crippen molar-refractivity contribution in [2.45, 2.75) is 45.6 Å². The minimum Gasteiger partial charge on any atom is -0.451 e. The largest absolute Gasteiger partial charge is 0.451 e. The number of esters is 1. The van der Waals surface area contributed by atoms with Gasteiger partial charge in [0.1, 0.15) is 0 Å². The van der Waals surface area contributed by atoms with E-state index in [1.54, 1.807) is 6.92 Å².